The summed E-state index contributed by atoms with van der Waals surface area (Å²) in [6.45, 7) is 0. The number of aromatic nitrogens is 2. The van der Waals surface area contributed by atoms with Gasteiger partial charge in [0, 0.05) is 28.5 Å². The van der Waals surface area contributed by atoms with Crippen molar-refractivity contribution in [3.63, 3.8) is 0 Å². The fourth-order valence-corrected chi connectivity index (χ4v) is 2.13. The SMILES string of the molecule is O=c1ccsc(Oc2ccc3[nH]ccc3c2)n1. The Bertz CT molecular complexity index is 717. The summed E-state index contributed by atoms with van der Waals surface area (Å²) < 4.78 is 5.53. The minimum atomic E-state index is -0.290. The molecule has 2 aromatic heterocycles. The van der Waals surface area contributed by atoms with E-state index >= 15 is 0 Å². The summed E-state index contributed by atoms with van der Waals surface area (Å²) in [7, 11) is 0. The molecule has 0 bridgehead atoms. The Kier molecular flexibility index (Phi) is 2.38. The number of rotatable bonds is 2. The van der Waals surface area contributed by atoms with E-state index in [0.717, 1.165) is 10.9 Å². The molecule has 84 valence electrons. The lowest BCUT2D eigenvalue weighted by atomic mass is 10.2. The Morgan fingerprint density at radius 2 is 2.18 bits per heavy atom. The zero-order chi connectivity index (χ0) is 11.7. The zero-order valence-electron chi connectivity index (χ0n) is 8.71. The fraction of sp³-hybridized carbons (Fsp3) is 0. The molecular weight excluding hydrogens is 236 g/mol. The number of hydrogen-bond donors (Lipinski definition) is 1. The van der Waals surface area contributed by atoms with Crippen LogP contribution in [0.5, 0.6) is 10.9 Å². The predicted molar refractivity (Wildman–Crippen MR) is 66.8 cm³/mol. The first-order valence-corrected chi connectivity index (χ1v) is 5.90. The fourth-order valence-electron chi connectivity index (χ4n) is 1.55. The number of aromatic amines is 1. The first kappa shape index (κ1) is 10.0. The van der Waals surface area contributed by atoms with E-state index in [2.05, 4.69) is 9.97 Å². The van der Waals surface area contributed by atoms with E-state index < -0.39 is 0 Å². The van der Waals surface area contributed by atoms with E-state index in [-0.39, 0.29) is 5.56 Å². The van der Waals surface area contributed by atoms with Gasteiger partial charge >= 0.3 is 0 Å². The summed E-state index contributed by atoms with van der Waals surface area (Å²) in [5.74, 6) is 0.673. The van der Waals surface area contributed by atoms with Gasteiger partial charge in [0.15, 0.2) is 0 Å². The highest BCUT2D eigenvalue weighted by atomic mass is 32.1. The molecule has 1 aromatic carbocycles. The van der Waals surface area contributed by atoms with E-state index in [9.17, 15) is 4.79 Å². The molecular formula is C12H8N2O2S. The van der Waals surface area contributed by atoms with E-state index in [1.54, 1.807) is 5.38 Å². The van der Waals surface area contributed by atoms with Crippen LogP contribution in [0.2, 0.25) is 0 Å². The molecule has 0 atom stereocenters. The second kappa shape index (κ2) is 4.03. The minimum Gasteiger partial charge on any atom is -0.431 e. The highest BCUT2D eigenvalue weighted by Crippen LogP contribution is 2.25. The molecule has 0 aliphatic carbocycles. The van der Waals surface area contributed by atoms with Gasteiger partial charge in [0.25, 0.3) is 10.8 Å². The van der Waals surface area contributed by atoms with E-state index in [1.807, 2.05) is 30.5 Å². The van der Waals surface area contributed by atoms with Crippen LogP contribution in [0.25, 0.3) is 10.9 Å². The first-order valence-electron chi connectivity index (χ1n) is 5.02. The van der Waals surface area contributed by atoms with Gasteiger partial charge in [0.1, 0.15) is 5.75 Å². The normalized spacial score (nSPS) is 10.6. The summed E-state index contributed by atoms with van der Waals surface area (Å²) in [6, 6.07) is 9.04. The molecule has 0 saturated heterocycles. The number of nitrogens with zero attached hydrogens (tertiary/aromatic N) is 1. The quantitative estimate of drug-likeness (QED) is 0.754. The Balaban J connectivity index is 1.96. The van der Waals surface area contributed by atoms with E-state index in [0.29, 0.717) is 10.9 Å². The molecule has 1 N–H and O–H groups in total. The molecule has 2 heterocycles. The Morgan fingerprint density at radius 1 is 1.24 bits per heavy atom. The molecule has 17 heavy (non-hydrogen) atoms. The second-order valence-electron chi connectivity index (χ2n) is 3.47. The van der Waals surface area contributed by atoms with Crippen molar-refractivity contribution in [1.29, 1.82) is 0 Å². The van der Waals surface area contributed by atoms with Gasteiger partial charge in [-0.25, -0.2) is 0 Å². The molecule has 5 heteroatoms. The maximum Gasteiger partial charge on any atom is 0.282 e. The average Bonchev–Trinajstić information content (AvgIpc) is 2.76. The number of nitrogens with one attached hydrogen (secondary N) is 1. The van der Waals surface area contributed by atoms with Gasteiger partial charge in [-0.1, -0.05) is 11.3 Å². The second-order valence-corrected chi connectivity index (χ2v) is 4.32. The van der Waals surface area contributed by atoms with Crippen LogP contribution in [0, 0.1) is 0 Å². The van der Waals surface area contributed by atoms with Crippen LogP contribution < -0.4 is 10.3 Å². The summed E-state index contributed by atoms with van der Waals surface area (Å²) in [4.78, 5) is 17.9. The molecule has 3 aromatic rings. The first-order chi connectivity index (χ1) is 8.31. The van der Waals surface area contributed by atoms with Gasteiger partial charge in [-0.05, 0) is 24.3 Å². The van der Waals surface area contributed by atoms with Crippen LogP contribution in [0.15, 0.2) is 46.7 Å². The topological polar surface area (TPSA) is 55.0 Å². The largest absolute Gasteiger partial charge is 0.431 e. The van der Waals surface area contributed by atoms with Crippen molar-refractivity contribution in [1.82, 2.24) is 9.97 Å². The maximum absolute atomic E-state index is 11.1. The van der Waals surface area contributed by atoms with Crippen molar-refractivity contribution in [3.05, 3.63) is 52.3 Å². The molecule has 4 nitrogen and oxygen atoms in total. The summed E-state index contributed by atoms with van der Waals surface area (Å²) >= 11 is 1.29. The van der Waals surface area contributed by atoms with E-state index in [1.165, 1.54) is 17.4 Å². The number of ether oxygens (including phenoxy) is 1. The van der Waals surface area contributed by atoms with Crippen LogP contribution in [0.4, 0.5) is 0 Å². The molecule has 0 aliphatic heterocycles. The van der Waals surface area contributed by atoms with Crippen LogP contribution in [0.1, 0.15) is 0 Å². The monoisotopic (exact) mass is 244 g/mol. The lowest BCUT2D eigenvalue weighted by Gasteiger charge is -2.02. The summed E-state index contributed by atoms with van der Waals surface area (Å²) in [5.41, 5.74) is 0.757. The number of hydrogen-bond acceptors (Lipinski definition) is 4. The lowest BCUT2D eigenvalue weighted by Crippen LogP contribution is -2.02. The zero-order valence-corrected chi connectivity index (χ0v) is 9.53. The van der Waals surface area contributed by atoms with Crippen molar-refractivity contribution in [2.24, 2.45) is 0 Å². The molecule has 0 saturated carbocycles. The molecule has 3 rings (SSSR count). The van der Waals surface area contributed by atoms with Crippen molar-refractivity contribution >= 4 is 22.2 Å². The third kappa shape index (κ3) is 2.05. The van der Waals surface area contributed by atoms with Gasteiger partial charge in [-0.15, -0.1) is 0 Å². The highest BCUT2D eigenvalue weighted by Gasteiger charge is 2.01. The summed E-state index contributed by atoms with van der Waals surface area (Å²) in [6.07, 6.45) is 1.87. The van der Waals surface area contributed by atoms with E-state index in [4.69, 9.17) is 4.74 Å². The van der Waals surface area contributed by atoms with Crippen LogP contribution in [-0.2, 0) is 0 Å². The highest BCUT2D eigenvalue weighted by molar-refractivity contribution is 7.11. The van der Waals surface area contributed by atoms with Crippen LogP contribution >= 0.6 is 11.3 Å². The third-order valence-electron chi connectivity index (χ3n) is 2.31. The molecule has 0 radical (unpaired) electrons. The number of benzene rings is 1. The standard InChI is InChI=1S/C12H8N2O2S/c15-11-4-6-17-12(14-11)16-9-1-2-10-8(7-9)3-5-13-10/h1-7,13H. The molecule has 0 aliphatic rings. The van der Waals surface area contributed by atoms with Crippen molar-refractivity contribution in [2.75, 3.05) is 0 Å². The Hall–Kier alpha value is -2.14. The average molecular weight is 244 g/mol. The smallest absolute Gasteiger partial charge is 0.282 e. The lowest BCUT2D eigenvalue weighted by molar-refractivity contribution is 0.477. The van der Waals surface area contributed by atoms with Crippen molar-refractivity contribution in [2.45, 2.75) is 0 Å². The van der Waals surface area contributed by atoms with Crippen LogP contribution in [-0.4, -0.2) is 9.97 Å². The maximum atomic E-state index is 11.1. The van der Waals surface area contributed by atoms with Gasteiger partial charge in [-0.3, -0.25) is 4.79 Å². The summed E-state index contributed by atoms with van der Waals surface area (Å²) in [5, 5.41) is 3.08. The predicted octanol–water partition coefficient (Wildman–Crippen LogP) is 2.78. The number of fused-ring (bicyclic) bond motifs is 1. The molecule has 0 unspecified atom stereocenters. The minimum absolute atomic E-state index is 0.290. The number of H-pyrrole nitrogens is 1. The Labute approximate surface area is 101 Å². The van der Waals surface area contributed by atoms with Gasteiger partial charge in [0.05, 0.1) is 0 Å². The molecule has 0 spiro atoms. The Morgan fingerprint density at radius 3 is 3.06 bits per heavy atom. The van der Waals surface area contributed by atoms with Gasteiger partial charge in [-0.2, -0.15) is 4.98 Å². The van der Waals surface area contributed by atoms with Crippen LogP contribution in [0.3, 0.4) is 0 Å². The van der Waals surface area contributed by atoms with Gasteiger partial charge < -0.3 is 9.72 Å². The third-order valence-corrected chi connectivity index (χ3v) is 2.96. The van der Waals surface area contributed by atoms with Gasteiger partial charge in [0.2, 0.25) is 0 Å². The van der Waals surface area contributed by atoms with Crippen molar-refractivity contribution < 1.29 is 4.74 Å². The molecule has 0 fully saturated rings. The molecule has 0 amide bonds. The van der Waals surface area contributed by atoms with Crippen molar-refractivity contribution in [3.8, 4) is 10.9 Å².